The molecule has 6 nitrogen and oxygen atoms in total. The summed E-state index contributed by atoms with van der Waals surface area (Å²) in [6.07, 6.45) is 2.25. The van der Waals surface area contributed by atoms with Gasteiger partial charge in [-0.05, 0) is 42.7 Å². The number of carboxylic acids is 1. The summed E-state index contributed by atoms with van der Waals surface area (Å²) in [5.41, 5.74) is 4.37. The lowest BCUT2D eigenvalue weighted by atomic mass is 9.94. The van der Waals surface area contributed by atoms with Crippen molar-refractivity contribution in [2.24, 2.45) is 0 Å². The monoisotopic (exact) mass is 395 g/mol. The van der Waals surface area contributed by atoms with E-state index in [4.69, 9.17) is 19.3 Å². The topological polar surface area (TPSA) is 77.9 Å². The minimum absolute atomic E-state index is 0.0715. The molecule has 0 spiro atoms. The number of benzene rings is 2. The van der Waals surface area contributed by atoms with Gasteiger partial charge in [-0.1, -0.05) is 18.2 Å². The van der Waals surface area contributed by atoms with Crippen LogP contribution < -0.4 is 9.47 Å². The predicted molar refractivity (Wildman–Crippen MR) is 112 cm³/mol. The molecule has 0 radical (unpaired) electrons. The van der Waals surface area contributed by atoms with Crippen LogP contribution in [0.3, 0.4) is 0 Å². The summed E-state index contributed by atoms with van der Waals surface area (Å²) in [7, 11) is 3.25. The van der Waals surface area contributed by atoms with Gasteiger partial charge in [-0.3, -0.25) is 9.78 Å². The molecule has 0 aliphatic rings. The minimum atomic E-state index is -0.820. The van der Waals surface area contributed by atoms with Crippen molar-refractivity contribution in [3.63, 3.8) is 0 Å². The Labute approximate surface area is 170 Å². The normalized spacial score (nSPS) is 10.9. The van der Waals surface area contributed by atoms with Crippen molar-refractivity contribution in [3.8, 4) is 22.6 Å². The molecule has 0 aliphatic carbocycles. The number of carbonyl (C=O) groups is 1. The number of fused-ring (bicyclic) bond motifs is 1. The van der Waals surface area contributed by atoms with Crippen LogP contribution in [-0.4, -0.2) is 36.9 Å². The average molecular weight is 395 g/mol. The number of hydrogen-bond donors (Lipinski definition) is 1. The summed E-state index contributed by atoms with van der Waals surface area (Å²) in [6.45, 7) is 3.04. The minimum Gasteiger partial charge on any atom is -0.496 e. The van der Waals surface area contributed by atoms with E-state index in [0.29, 0.717) is 31.1 Å². The summed E-state index contributed by atoms with van der Waals surface area (Å²) >= 11 is 0. The van der Waals surface area contributed by atoms with Crippen LogP contribution in [0, 0.1) is 0 Å². The van der Waals surface area contributed by atoms with Crippen LogP contribution in [0.5, 0.6) is 11.5 Å². The average Bonchev–Trinajstić information content (AvgIpc) is 2.75. The van der Waals surface area contributed by atoms with E-state index in [0.717, 1.165) is 33.2 Å². The second-order valence-corrected chi connectivity index (χ2v) is 6.58. The molecular weight excluding hydrogens is 370 g/mol. The third kappa shape index (κ3) is 4.49. The van der Waals surface area contributed by atoms with E-state index in [1.807, 2.05) is 43.3 Å². The van der Waals surface area contributed by atoms with Crippen LogP contribution in [0.15, 0.2) is 42.6 Å². The molecule has 3 aromatic rings. The van der Waals surface area contributed by atoms with Gasteiger partial charge in [-0.2, -0.15) is 0 Å². The summed E-state index contributed by atoms with van der Waals surface area (Å²) in [4.78, 5) is 15.6. The number of aryl methyl sites for hydroxylation is 1. The Balaban J connectivity index is 2.17. The van der Waals surface area contributed by atoms with Gasteiger partial charge < -0.3 is 19.3 Å². The van der Waals surface area contributed by atoms with E-state index >= 15 is 0 Å². The molecule has 2 aromatic carbocycles. The fraction of sp³-hybridized carbons (Fsp3) is 0.304. The van der Waals surface area contributed by atoms with E-state index in [9.17, 15) is 4.79 Å². The Morgan fingerprint density at radius 1 is 1.10 bits per heavy atom. The number of methoxy groups -OCH3 is 2. The van der Waals surface area contributed by atoms with Crippen LogP contribution in [0.1, 0.15) is 24.5 Å². The van der Waals surface area contributed by atoms with Gasteiger partial charge in [0.05, 0.1) is 31.9 Å². The van der Waals surface area contributed by atoms with Crippen molar-refractivity contribution in [1.82, 2.24) is 4.98 Å². The van der Waals surface area contributed by atoms with E-state index in [1.165, 1.54) is 0 Å². The first-order valence-electron chi connectivity index (χ1n) is 9.50. The first-order chi connectivity index (χ1) is 14.1. The molecule has 29 heavy (non-hydrogen) atoms. The van der Waals surface area contributed by atoms with Crippen molar-refractivity contribution < 1.29 is 24.1 Å². The van der Waals surface area contributed by atoms with Gasteiger partial charge in [-0.25, -0.2) is 0 Å². The third-order valence-corrected chi connectivity index (χ3v) is 4.78. The summed E-state index contributed by atoms with van der Waals surface area (Å²) in [5, 5.41) is 9.97. The molecule has 0 amide bonds. The maximum absolute atomic E-state index is 11.0. The van der Waals surface area contributed by atoms with Crippen LogP contribution >= 0.6 is 0 Å². The van der Waals surface area contributed by atoms with Crippen LogP contribution in [-0.2, 0) is 22.6 Å². The maximum atomic E-state index is 11.0. The van der Waals surface area contributed by atoms with E-state index in [2.05, 4.69) is 4.98 Å². The van der Waals surface area contributed by atoms with Gasteiger partial charge in [-0.15, -0.1) is 0 Å². The van der Waals surface area contributed by atoms with Gasteiger partial charge in [0.25, 0.3) is 0 Å². The van der Waals surface area contributed by atoms with Crippen molar-refractivity contribution in [2.45, 2.75) is 26.4 Å². The van der Waals surface area contributed by atoms with Crippen LogP contribution in [0.2, 0.25) is 0 Å². The van der Waals surface area contributed by atoms with Crippen molar-refractivity contribution in [1.29, 1.82) is 0 Å². The number of aromatic nitrogens is 1. The van der Waals surface area contributed by atoms with Gasteiger partial charge in [0, 0.05) is 30.2 Å². The molecule has 0 bridgehead atoms. The highest BCUT2D eigenvalue weighted by Gasteiger charge is 2.19. The lowest BCUT2D eigenvalue weighted by molar-refractivity contribution is -0.136. The highest BCUT2D eigenvalue weighted by molar-refractivity contribution is 5.98. The molecule has 0 unspecified atom stereocenters. The Kier molecular flexibility index (Phi) is 6.67. The molecule has 1 N–H and O–H groups in total. The zero-order valence-electron chi connectivity index (χ0n) is 16.9. The fourth-order valence-corrected chi connectivity index (χ4v) is 3.43. The van der Waals surface area contributed by atoms with E-state index in [1.54, 1.807) is 20.4 Å². The van der Waals surface area contributed by atoms with Crippen molar-refractivity contribution in [2.75, 3.05) is 20.8 Å². The molecule has 0 aliphatic heterocycles. The van der Waals surface area contributed by atoms with Gasteiger partial charge >= 0.3 is 5.97 Å². The predicted octanol–water partition coefficient (Wildman–Crippen LogP) is 4.47. The standard InChI is InChI=1S/C23H25NO5/c1-4-29-14-15-12-19(27-2)22(20(13-15)28-3)18-9-7-16(8-10-21(25)26)17-6-5-11-24-23(17)18/h5-7,9,11-13H,4,8,10,14H2,1-3H3,(H,25,26). The van der Waals surface area contributed by atoms with Gasteiger partial charge in [0.2, 0.25) is 0 Å². The smallest absolute Gasteiger partial charge is 0.303 e. The van der Waals surface area contributed by atoms with E-state index < -0.39 is 5.97 Å². The molecular formula is C23H25NO5. The molecule has 0 saturated heterocycles. The largest absolute Gasteiger partial charge is 0.496 e. The Bertz CT molecular complexity index is 990. The summed E-state index contributed by atoms with van der Waals surface area (Å²) in [5.74, 6) is 0.521. The van der Waals surface area contributed by atoms with Crippen LogP contribution in [0.4, 0.5) is 0 Å². The van der Waals surface area contributed by atoms with Gasteiger partial charge in [0.1, 0.15) is 11.5 Å². The summed E-state index contributed by atoms with van der Waals surface area (Å²) in [6, 6.07) is 11.6. The Morgan fingerprint density at radius 3 is 2.45 bits per heavy atom. The first kappa shape index (κ1) is 20.6. The van der Waals surface area contributed by atoms with E-state index in [-0.39, 0.29) is 6.42 Å². The quantitative estimate of drug-likeness (QED) is 0.576. The number of carboxylic acid groups (broad SMARTS) is 1. The SMILES string of the molecule is CCOCc1cc(OC)c(-c2ccc(CCC(=O)O)c3cccnc23)c(OC)c1. The summed E-state index contributed by atoms with van der Waals surface area (Å²) < 4.78 is 16.9. The molecule has 152 valence electrons. The van der Waals surface area contributed by atoms with Gasteiger partial charge in [0.15, 0.2) is 0 Å². The maximum Gasteiger partial charge on any atom is 0.303 e. The number of pyridine rings is 1. The molecule has 1 heterocycles. The highest BCUT2D eigenvalue weighted by atomic mass is 16.5. The zero-order chi connectivity index (χ0) is 20.8. The Morgan fingerprint density at radius 2 is 1.83 bits per heavy atom. The second-order valence-electron chi connectivity index (χ2n) is 6.58. The fourth-order valence-electron chi connectivity index (χ4n) is 3.43. The molecule has 1 aromatic heterocycles. The number of hydrogen-bond acceptors (Lipinski definition) is 5. The second kappa shape index (κ2) is 9.39. The Hall–Kier alpha value is -3.12. The van der Waals surface area contributed by atoms with Crippen molar-refractivity contribution in [3.05, 3.63) is 53.7 Å². The number of ether oxygens (including phenoxy) is 3. The number of nitrogens with zero attached hydrogens (tertiary/aromatic N) is 1. The van der Waals surface area contributed by atoms with Crippen molar-refractivity contribution >= 4 is 16.9 Å². The molecule has 3 rings (SSSR count). The number of aliphatic carboxylic acids is 1. The number of rotatable bonds is 9. The lowest BCUT2D eigenvalue weighted by Crippen LogP contribution is -2.01. The third-order valence-electron chi connectivity index (χ3n) is 4.78. The first-order valence-corrected chi connectivity index (χ1v) is 9.50. The highest BCUT2D eigenvalue weighted by Crippen LogP contribution is 2.42. The zero-order valence-corrected chi connectivity index (χ0v) is 16.9. The molecule has 0 fully saturated rings. The molecule has 0 atom stereocenters. The lowest BCUT2D eigenvalue weighted by Gasteiger charge is -2.18. The molecule has 6 heteroatoms. The molecule has 0 saturated carbocycles. The van der Waals surface area contributed by atoms with Crippen LogP contribution in [0.25, 0.3) is 22.0 Å².